The van der Waals surface area contributed by atoms with E-state index in [1.807, 2.05) is 24.3 Å². The van der Waals surface area contributed by atoms with Gasteiger partial charge in [0.15, 0.2) is 0 Å². The molecule has 0 N–H and O–H groups in total. The number of halogens is 2. The molecule has 0 saturated carbocycles. The third kappa shape index (κ3) is 3.82. The summed E-state index contributed by atoms with van der Waals surface area (Å²) in [5.41, 5.74) is 0.978. The van der Waals surface area contributed by atoms with E-state index in [0.717, 1.165) is 11.3 Å². The predicted octanol–water partition coefficient (Wildman–Crippen LogP) is 3.87. The van der Waals surface area contributed by atoms with Crippen molar-refractivity contribution in [1.29, 1.82) is 0 Å². The fourth-order valence-electron chi connectivity index (χ4n) is 1.99. The Labute approximate surface area is 131 Å². The molecule has 0 saturated heterocycles. The Morgan fingerprint density at radius 1 is 1.29 bits per heavy atom. The lowest BCUT2D eigenvalue weighted by molar-refractivity contribution is 0.0780. The molecule has 0 bridgehead atoms. The molecule has 0 aliphatic carbocycles. The molecule has 0 fully saturated rings. The van der Waals surface area contributed by atoms with Crippen molar-refractivity contribution in [2.75, 3.05) is 14.2 Å². The number of amides is 1. The van der Waals surface area contributed by atoms with Gasteiger partial charge in [-0.2, -0.15) is 0 Å². The fourth-order valence-corrected chi connectivity index (χ4v) is 2.32. The van der Waals surface area contributed by atoms with Crippen LogP contribution in [0.4, 0.5) is 4.39 Å². The number of ether oxygens (including phenoxy) is 1. The summed E-state index contributed by atoms with van der Waals surface area (Å²) in [7, 11) is 3.23. The van der Waals surface area contributed by atoms with Crippen LogP contribution < -0.4 is 4.74 Å². The molecule has 2 rings (SSSR count). The van der Waals surface area contributed by atoms with E-state index in [1.54, 1.807) is 20.2 Å². The first-order chi connectivity index (χ1) is 10.0. The molecule has 5 heteroatoms. The van der Waals surface area contributed by atoms with Gasteiger partial charge in [0.05, 0.1) is 12.7 Å². The van der Waals surface area contributed by atoms with Gasteiger partial charge in [0, 0.05) is 18.1 Å². The monoisotopic (exact) mass is 351 g/mol. The summed E-state index contributed by atoms with van der Waals surface area (Å²) in [4.78, 5) is 13.7. The molecular weight excluding hydrogens is 337 g/mol. The van der Waals surface area contributed by atoms with Gasteiger partial charge in [0.2, 0.25) is 0 Å². The van der Waals surface area contributed by atoms with Crippen LogP contribution in [-0.2, 0) is 6.54 Å². The summed E-state index contributed by atoms with van der Waals surface area (Å²) < 4.78 is 19.6. The highest BCUT2D eigenvalue weighted by molar-refractivity contribution is 9.10. The number of hydrogen-bond donors (Lipinski definition) is 0. The quantitative estimate of drug-likeness (QED) is 0.836. The van der Waals surface area contributed by atoms with E-state index in [-0.39, 0.29) is 11.5 Å². The van der Waals surface area contributed by atoms with Crippen molar-refractivity contribution in [3.8, 4) is 5.75 Å². The number of benzene rings is 2. The smallest absolute Gasteiger partial charge is 0.256 e. The molecule has 0 unspecified atom stereocenters. The van der Waals surface area contributed by atoms with Gasteiger partial charge in [-0.15, -0.1) is 0 Å². The summed E-state index contributed by atoms with van der Waals surface area (Å²) in [5, 5.41) is 0. The standard InChI is InChI=1S/C16H15BrFNO2/c1-19(10-11-4-3-5-13(8-11)21-2)16(20)14-7-6-12(17)9-15(14)18/h3-9H,10H2,1-2H3. The lowest BCUT2D eigenvalue weighted by Gasteiger charge is -2.18. The zero-order valence-electron chi connectivity index (χ0n) is 11.8. The van der Waals surface area contributed by atoms with Crippen molar-refractivity contribution < 1.29 is 13.9 Å². The molecule has 21 heavy (non-hydrogen) atoms. The number of carbonyl (C=O) groups is 1. The molecule has 0 atom stereocenters. The molecule has 0 radical (unpaired) electrons. The maximum Gasteiger partial charge on any atom is 0.256 e. The van der Waals surface area contributed by atoms with Crippen LogP contribution in [0.25, 0.3) is 0 Å². The Morgan fingerprint density at radius 2 is 2.05 bits per heavy atom. The zero-order valence-corrected chi connectivity index (χ0v) is 13.4. The van der Waals surface area contributed by atoms with Gasteiger partial charge < -0.3 is 9.64 Å². The molecule has 2 aromatic rings. The lowest BCUT2D eigenvalue weighted by atomic mass is 10.1. The van der Waals surface area contributed by atoms with E-state index in [0.29, 0.717) is 11.0 Å². The molecular formula is C16H15BrFNO2. The van der Waals surface area contributed by atoms with Gasteiger partial charge in [0.25, 0.3) is 5.91 Å². The number of hydrogen-bond acceptors (Lipinski definition) is 2. The lowest BCUT2D eigenvalue weighted by Crippen LogP contribution is -2.27. The van der Waals surface area contributed by atoms with Crippen molar-refractivity contribution in [2.24, 2.45) is 0 Å². The van der Waals surface area contributed by atoms with E-state index < -0.39 is 5.82 Å². The Kier molecular flexibility index (Phi) is 4.96. The van der Waals surface area contributed by atoms with Gasteiger partial charge in [-0.3, -0.25) is 4.79 Å². The fraction of sp³-hybridized carbons (Fsp3) is 0.188. The maximum atomic E-state index is 13.8. The normalized spacial score (nSPS) is 10.3. The first-order valence-corrected chi connectivity index (χ1v) is 7.14. The largest absolute Gasteiger partial charge is 0.497 e. The highest BCUT2D eigenvalue weighted by atomic mass is 79.9. The molecule has 0 heterocycles. The van der Waals surface area contributed by atoms with E-state index in [4.69, 9.17) is 4.74 Å². The van der Waals surface area contributed by atoms with Gasteiger partial charge in [-0.05, 0) is 35.9 Å². The third-order valence-corrected chi connectivity index (χ3v) is 3.56. The van der Waals surface area contributed by atoms with Crippen molar-refractivity contribution in [3.05, 3.63) is 63.9 Å². The Balaban J connectivity index is 2.15. The molecule has 110 valence electrons. The summed E-state index contributed by atoms with van der Waals surface area (Å²) in [5.74, 6) is -0.169. The highest BCUT2D eigenvalue weighted by Crippen LogP contribution is 2.18. The van der Waals surface area contributed by atoms with Crippen LogP contribution in [0.1, 0.15) is 15.9 Å². The second kappa shape index (κ2) is 6.72. The van der Waals surface area contributed by atoms with Crippen molar-refractivity contribution in [2.45, 2.75) is 6.54 Å². The van der Waals surface area contributed by atoms with Crippen LogP contribution in [0.2, 0.25) is 0 Å². The number of rotatable bonds is 4. The first kappa shape index (κ1) is 15.5. The second-order valence-electron chi connectivity index (χ2n) is 4.64. The zero-order chi connectivity index (χ0) is 15.4. The summed E-state index contributed by atoms with van der Waals surface area (Å²) >= 11 is 3.17. The van der Waals surface area contributed by atoms with Crippen LogP contribution in [0, 0.1) is 5.82 Å². The minimum Gasteiger partial charge on any atom is -0.497 e. The molecule has 0 aliphatic heterocycles. The minimum atomic E-state index is -0.535. The van der Waals surface area contributed by atoms with E-state index in [9.17, 15) is 9.18 Å². The van der Waals surface area contributed by atoms with Crippen LogP contribution in [0.3, 0.4) is 0 Å². The number of methoxy groups -OCH3 is 1. The van der Waals surface area contributed by atoms with Gasteiger partial charge in [0.1, 0.15) is 11.6 Å². The Hall–Kier alpha value is -1.88. The second-order valence-corrected chi connectivity index (χ2v) is 5.55. The predicted molar refractivity (Wildman–Crippen MR) is 82.9 cm³/mol. The average molecular weight is 352 g/mol. The topological polar surface area (TPSA) is 29.5 Å². The number of nitrogens with zero attached hydrogens (tertiary/aromatic N) is 1. The molecule has 0 aromatic heterocycles. The van der Waals surface area contributed by atoms with Crippen molar-refractivity contribution >= 4 is 21.8 Å². The molecule has 1 amide bonds. The molecule has 0 aliphatic rings. The maximum absolute atomic E-state index is 13.8. The van der Waals surface area contributed by atoms with Gasteiger partial charge in [-0.25, -0.2) is 4.39 Å². The first-order valence-electron chi connectivity index (χ1n) is 6.34. The van der Waals surface area contributed by atoms with Crippen LogP contribution in [-0.4, -0.2) is 25.0 Å². The van der Waals surface area contributed by atoms with Crippen LogP contribution >= 0.6 is 15.9 Å². The Morgan fingerprint density at radius 3 is 2.71 bits per heavy atom. The average Bonchev–Trinajstić information content (AvgIpc) is 2.46. The Bertz CT molecular complexity index is 660. The van der Waals surface area contributed by atoms with Gasteiger partial charge in [-0.1, -0.05) is 28.1 Å². The molecule has 2 aromatic carbocycles. The summed E-state index contributed by atoms with van der Waals surface area (Å²) in [6, 6.07) is 11.8. The van der Waals surface area contributed by atoms with Crippen LogP contribution in [0.15, 0.2) is 46.9 Å². The molecule has 3 nitrogen and oxygen atoms in total. The van der Waals surface area contributed by atoms with Crippen molar-refractivity contribution in [1.82, 2.24) is 4.90 Å². The van der Waals surface area contributed by atoms with E-state index in [2.05, 4.69) is 15.9 Å². The third-order valence-electron chi connectivity index (χ3n) is 3.06. The van der Waals surface area contributed by atoms with Crippen molar-refractivity contribution in [3.63, 3.8) is 0 Å². The van der Waals surface area contributed by atoms with Crippen LogP contribution in [0.5, 0.6) is 5.75 Å². The highest BCUT2D eigenvalue weighted by Gasteiger charge is 2.16. The summed E-state index contributed by atoms with van der Waals surface area (Å²) in [6.45, 7) is 0.380. The molecule has 0 spiro atoms. The summed E-state index contributed by atoms with van der Waals surface area (Å²) in [6.07, 6.45) is 0. The minimum absolute atomic E-state index is 0.0589. The number of carbonyl (C=O) groups excluding carboxylic acids is 1. The van der Waals surface area contributed by atoms with Gasteiger partial charge >= 0.3 is 0 Å². The SMILES string of the molecule is COc1cccc(CN(C)C(=O)c2ccc(Br)cc2F)c1. The van der Waals surface area contributed by atoms with E-state index >= 15 is 0 Å². The van der Waals surface area contributed by atoms with E-state index in [1.165, 1.54) is 17.0 Å².